The number of hydrogen-bond donors (Lipinski definition) is 1. The number of carboxylic acid groups (broad SMARTS) is 1. The summed E-state index contributed by atoms with van der Waals surface area (Å²) in [5.74, 6) is -0.675. The molecule has 0 bridgehead atoms. The Hall–Kier alpha value is -1.10. The third-order valence-corrected chi connectivity index (χ3v) is 4.38. The maximum atomic E-state index is 11.3. The zero-order valence-corrected chi connectivity index (χ0v) is 10.4. The van der Waals surface area contributed by atoms with Crippen LogP contribution in [0.4, 0.5) is 5.13 Å². The van der Waals surface area contributed by atoms with Gasteiger partial charge in [0, 0.05) is 18.5 Å². The number of hydrogen-bond acceptors (Lipinski definition) is 4. The van der Waals surface area contributed by atoms with Crippen molar-refractivity contribution in [3.63, 3.8) is 0 Å². The van der Waals surface area contributed by atoms with Crippen LogP contribution in [0.1, 0.15) is 25.5 Å². The second kappa shape index (κ2) is 4.05. The van der Waals surface area contributed by atoms with Gasteiger partial charge in [0.15, 0.2) is 5.13 Å². The van der Waals surface area contributed by atoms with E-state index in [1.54, 1.807) is 11.3 Å². The Morgan fingerprint density at radius 3 is 2.94 bits per heavy atom. The number of carboxylic acids is 1. The summed E-state index contributed by atoms with van der Waals surface area (Å²) in [5.41, 5.74) is 0.434. The van der Waals surface area contributed by atoms with E-state index in [-0.39, 0.29) is 0 Å². The molecule has 1 unspecified atom stereocenters. The monoisotopic (exact) mass is 240 g/mol. The summed E-state index contributed by atoms with van der Waals surface area (Å²) in [6.45, 7) is 5.30. The molecule has 0 aromatic carbocycles. The van der Waals surface area contributed by atoms with Gasteiger partial charge in [-0.15, -0.1) is 11.3 Å². The second-order valence-corrected chi connectivity index (χ2v) is 5.22. The van der Waals surface area contributed by atoms with Crippen LogP contribution in [0.2, 0.25) is 0 Å². The summed E-state index contributed by atoms with van der Waals surface area (Å²) in [7, 11) is 0. The molecule has 1 aromatic heterocycles. The van der Waals surface area contributed by atoms with Gasteiger partial charge in [-0.3, -0.25) is 4.79 Å². The second-order valence-electron chi connectivity index (χ2n) is 4.38. The fraction of sp³-hybridized carbons (Fsp3) is 0.636. The molecule has 0 spiro atoms. The molecule has 1 fully saturated rings. The first kappa shape index (κ1) is 11.4. The Balaban J connectivity index is 2.16. The third-order valence-electron chi connectivity index (χ3n) is 3.36. The Kier molecular flexibility index (Phi) is 2.88. The molecule has 1 aliphatic heterocycles. The average Bonchev–Trinajstić information content (AvgIpc) is 2.84. The van der Waals surface area contributed by atoms with Crippen molar-refractivity contribution in [1.82, 2.24) is 4.98 Å². The van der Waals surface area contributed by atoms with Gasteiger partial charge in [0.2, 0.25) is 0 Å². The zero-order chi connectivity index (χ0) is 11.8. The summed E-state index contributed by atoms with van der Waals surface area (Å²) in [6, 6.07) is 0. The average molecular weight is 240 g/mol. The van der Waals surface area contributed by atoms with E-state index in [9.17, 15) is 9.90 Å². The van der Waals surface area contributed by atoms with Gasteiger partial charge in [-0.05, 0) is 19.8 Å². The summed E-state index contributed by atoms with van der Waals surface area (Å²) >= 11 is 1.59. The SMILES string of the molecule is CCC1(C(=O)O)CCN(c2nc(C)cs2)C1. The first-order chi connectivity index (χ1) is 7.57. The van der Waals surface area contributed by atoms with Crippen molar-refractivity contribution in [2.75, 3.05) is 18.0 Å². The van der Waals surface area contributed by atoms with Gasteiger partial charge in [0.05, 0.1) is 11.1 Å². The normalized spacial score (nSPS) is 25.0. The topological polar surface area (TPSA) is 53.4 Å². The number of nitrogens with zero attached hydrogens (tertiary/aromatic N) is 2. The Bertz CT molecular complexity index is 404. The quantitative estimate of drug-likeness (QED) is 0.879. The minimum Gasteiger partial charge on any atom is -0.481 e. The number of rotatable bonds is 3. The molecule has 2 rings (SSSR count). The molecule has 1 aliphatic rings. The van der Waals surface area contributed by atoms with Crippen molar-refractivity contribution in [2.45, 2.75) is 26.7 Å². The van der Waals surface area contributed by atoms with E-state index in [2.05, 4.69) is 9.88 Å². The zero-order valence-electron chi connectivity index (χ0n) is 9.56. The summed E-state index contributed by atoms with van der Waals surface area (Å²) < 4.78 is 0. The Morgan fingerprint density at radius 2 is 2.50 bits per heavy atom. The van der Waals surface area contributed by atoms with Gasteiger partial charge in [-0.2, -0.15) is 0 Å². The fourth-order valence-corrected chi connectivity index (χ4v) is 2.97. The lowest BCUT2D eigenvalue weighted by molar-refractivity contribution is -0.147. The van der Waals surface area contributed by atoms with E-state index in [1.807, 2.05) is 19.2 Å². The van der Waals surface area contributed by atoms with Crippen LogP contribution in [0.3, 0.4) is 0 Å². The van der Waals surface area contributed by atoms with Crippen molar-refractivity contribution in [1.29, 1.82) is 0 Å². The lowest BCUT2D eigenvalue weighted by Gasteiger charge is -2.22. The van der Waals surface area contributed by atoms with Crippen LogP contribution in [0, 0.1) is 12.3 Å². The summed E-state index contributed by atoms with van der Waals surface area (Å²) in [4.78, 5) is 17.8. The predicted octanol–water partition coefficient (Wildman–Crippen LogP) is 2.14. The van der Waals surface area contributed by atoms with Crippen LogP contribution >= 0.6 is 11.3 Å². The summed E-state index contributed by atoms with van der Waals surface area (Å²) in [5, 5.41) is 12.2. The minimum absolute atomic E-state index is 0.570. The molecule has 0 aliphatic carbocycles. The Labute approximate surface area is 98.9 Å². The largest absolute Gasteiger partial charge is 0.481 e. The molecule has 1 saturated heterocycles. The molecule has 16 heavy (non-hydrogen) atoms. The van der Waals surface area contributed by atoms with E-state index in [1.165, 1.54) is 0 Å². The molecule has 0 amide bonds. The molecule has 2 heterocycles. The van der Waals surface area contributed by atoms with Crippen LogP contribution in [-0.2, 0) is 4.79 Å². The highest BCUT2D eigenvalue weighted by molar-refractivity contribution is 7.13. The molecular weight excluding hydrogens is 224 g/mol. The van der Waals surface area contributed by atoms with Crippen molar-refractivity contribution in [3.8, 4) is 0 Å². The summed E-state index contributed by atoms with van der Waals surface area (Å²) in [6.07, 6.45) is 1.40. The number of aromatic nitrogens is 1. The smallest absolute Gasteiger partial charge is 0.311 e. The number of thiazole rings is 1. The third kappa shape index (κ3) is 1.80. The van der Waals surface area contributed by atoms with Gasteiger partial charge in [-0.25, -0.2) is 4.98 Å². The van der Waals surface area contributed by atoms with Crippen molar-refractivity contribution < 1.29 is 9.90 Å². The molecule has 0 saturated carbocycles. The van der Waals surface area contributed by atoms with E-state index < -0.39 is 11.4 Å². The van der Waals surface area contributed by atoms with Crippen LogP contribution in [-0.4, -0.2) is 29.1 Å². The predicted molar refractivity (Wildman–Crippen MR) is 64.0 cm³/mol. The van der Waals surface area contributed by atoms with E-state index in [4.69, 9.17) is 0 Å². The highest BCUT2D eigenvalue weighted by atomic mass is 32.1. The van der Waals surface area contributed by atoms with E-state index in [0.29, 0.717) is 13.0 Å². The van der Waals surface area contributed by atoms with Crippen molar-refractivity contribution >= 4 is 22.4 Å². The van der Waals surface area contributed by atoms with Gasteiger partial charge in [0.1, 0.15) is 0 Å². The van der Waals surface area contributed by atoms with Gasteiger partial charge >= 0.3 is 5.97 Å². The number of carbonyl (C=O) groups is 1. The van der Waals surface area contributed by atoms with E-state index in [0.717, 1.165) is 23.8 Å². The molecule has 88 valence electrons. The first-order valence-corrected chi connectivity index (χ1v) is 6.36. The molecule has 1 atom stereocenters. The molecule has 1 aromatic rings. The lowest BCUT2D eigenvalue weighted by atomic mass is 9.84. The Morgan fingerprint density at radius 1 is 1.75 bits per heavy atom. The molecule has 5 heteroatoms. The van der Waals surface area contributed by atoms with E-state index >= 15 is 0 Å². The fourth-order valence-electron chi connectivity index (χ4n) is 2.14. The van der Waals surface area contributed by atoms with Gasteiger partial charge < -0.3 is 10.0 Å². The molecule has 4 nitrogen and oxygen atoms in total. The standard InChI is InChI=1S/C11H16N2O2S/c1-3-11(9(14)15)4-5-13(7-11)10-12-8(2)6-16-10/h6H,3-5,7H2,1-2H3,(H,14,15). The first-order valence-electron chi connectivity index (χ1n) is 5.48. The highest BCUT2D eigenvalue weighted by Gasteiger charge is 2.43. The lowest BCUT2D eigenvalue weighted by Crippen LogP contribution is -2.34. The van der Waals surface area contributed by atoms with Gasteiger partial charge in [-0.1, -0.05) is 6.92 Å². The minimum atomic E-state index is -0.675. The van der Waals surface area contributed by atoms with Crippen molar-refractivity contribution in [3.05, 3.63) is 11.1 Å². The van der Waals surface area contributed by atoms with Gasteiger partial charge in [0.25, 0.3) is 0 Å². The van der Waals surface area contributed by atoms with Crippen LogP contribution in [0.15, 0.2) is 5.38 Å². The van der Waals surface area contributed by atoms with Crippen LogP contribution < -0.4 is 4.90 Å². The molecule has 1 N–H and O–H groups in total. The van der Waals surface area contributed by atoms with Crippen molar-refractivity contribution in [2.24, 2.45) is 5.41 Å². The maximum absolute atomic E-state index is 11.3. The number of aryl methyl sites for hydroxylation is 1. The maximum Gasteiger partial charge on any atom is 0.311 e. The molecule has 0 radical (unpaired) electrons. The molecular formula is C11H16N2O2S. The number of anilines is 1. The highest BCUT2D eigenvalue weighted by Crippen LogP contribution is 2.37. The van der Waals surface area contributed by atoms with Crippen LogP contribution in [0.25, 0.3) is 0 Å². The van der Waals surface area contributed by atoms with Crippen LogP contribution in [0.5, 0.6) is 0 Å². The number of aliphatic carboxylic acids is 1.